The number of pyridine rings is 2. The van der Waals surface area contributed by atoms with Gasteiger partial charge in [0.15, 0.2) is 0 Å². The van der Waals surface area contributed by atoms with Crippen molar-refractivity contribution in [1.82, 2.24) is 29.7 Å². The minimum Gasteiger partial charge on any atom is -0.375 e. The second-order valence-electron chi connectivity index (χ2n) is 7.65. The van der Waals surface area contributed by atoms with Gasteiger partial charge in [-0.25, -0.2) is 19.6 Å². The van der Waals surface area contributed by atoms with Gasteiger partial charge in [-0.15, -0.1) is 12.4 Å². The van der Waals surface area contributed by atoms with Crippen molar-refractivity contribution in [3.63, 3.8) is 0 Å². The highest BCUT2D eigenvalue weighted by atomic mass is 35.5. The van der Waals surface area contributed by atoms with Crippen LogP contribution in [0.2, 0.25) is 0 Å². The van der Waals surface area contributed by atoms with E-state index >= 15 is 0 Å². The van der Waals surface area contributed by atoms with E-state index in [2.05, 4.69) is 25.6 Å². The Morgan fingerprint density at radius 1 is 1.09 bits per heavy atom. The average Bonchev–Trinajstić information content (AvgIpc) is 3.24. The lowest BCUT2D eigenvalue weighted by atomic mass is 9.96. The number of nitrogens with one attached hydrogen (secondary N) is 2. The Kier molecular flexibility index (Phi) is 8.21. The molecule has 1 aromatic carbocycles. The molecular formula is C24H26ClN7O3. The molecule has 0 aliphatic heterocycles. The number of rotatable bonds is 6. The van der Waals surface area contributed by atoms with E-state index in [9.17, 15) is 9.59 Å². The quantitative estimate of drug-likeness (QED) is 0.414. The van der Waals surface area contributed by atoms with Gasteiger partial charge in [-0.2, -0.15) is 0 Å². The highest BCUT2D eigenvalue weighted by Gasteiger charge is 2.17. The first-order valence-corrected chi connectivity index (χ1v) is 10.7. The predicted molar refractivity (Wildman–Crippen MR) is 136 cm³/mol. The van der Waals surface area contributed by atoms with E-state index in [-0.39, 0.29) is 24.4 Å². The van der Waals surface area contributed by atoms with E-state index in [1.165, 1.54) is 4.90 Å². The number of urea groups is 1. The number of amides is 3. The first-order chi connectivity index (χ1) is 16.5. The molecule has 4 rings (SSSR count). The van der Waals surface area contributed by atoms with Crippen LogP contribution in [0.4, 0.5) is 15.4 Å². The van der Waals surface area contributed by atoms with Crippen molar-refractivity contribution in [1.29, 1.82) is 0 Å². The minimum absolute atomic E-state index is 0. The van der Waals surface area contributed by atoms with E-state index in [4.69, 9.17) is 4.74 Å². The van der Waals surface area contributed by atoms with Gasteiger partial charge in [0.25, 0.3) is 0 Å². The van der Waals surface area contributed by atoms with Crippen LogP contribution in [-0.2, 0) is 13.6 Å². The van der Waals surface area contributed by atoms with Gasteiger partial charge in [-0.05, 0) is 47.2 Å². The lowest BCUT2D eigenvalue weighted by molar-refractivity contribution is 0.155. The number of nitrogens with zero attached hydrogens (tertiary/aromatic N) is 5. The van der Waals surface area contributed by atoms with Gasteiger partial charge in [-0.3, -0.25) is 10.3 Å². The number of anilines is 1. The standard InChI is InChI=1S/C24H25N7O3.ClH/c1-4-26-22(32)29-21-13-19-18(16-7-9-25-10-8-16)6-5-17(20(19)14-28-21)15-31(3)24(33)34-23-27-11-12-30(23)2;/h5-14H,4,15H2,1-3H3,(H2,26,28,29,32);1H. The average molecular weight is 496 g/mol. The molecule has 0 bridgehead atoms. The summed E-state index contributed by atoms with van der Waals surface area (Å²) < 4.78 is 6.99. The summed E-state index contributed by atoms with van der Waals surface area (Å²) in [6.07, 6.45) is 7.90. The number of aromatic nitrogens is 4. The Hall–Kier alpha value is -4.18. The van der Waals surface area contributed by atoms with E-state index in [1.807, 2.05) is 37.3 Å². The van der Waals surface area contributed by atoms with Crippen LogP contribution in [-0.4, -0.2) is 50.1 Å². The molecule has 10 nitrogen and oxygen atoms in total. The van der Waals surface area contributed by atoms with Gasteiger partial charge in [0.05, 0.1) is 0 Å². The smallest absolute Gasteiger partial charge is 0.375 e. The second kappa shape index (κ2) is 11.3. The summed E-state index contributed by atoms with van der Waals surface area (Å²) in [6.45, 7) is 2.64. The molecule has 11 heteroatoms. The molecule has 0 radical (unpaired) electrons. The molecule has 3 aromatic heterocycles. The zero-order chi connectivity index (χ0) is 24.1. The summed E-state index contributed by atoms with van der Waals surface area (Å²) in [5.41, 5.74) is 2.81. The molecule has 3 heterocycles. The van der Waals surface area contributed by atoms with Crippen molar-refractivity contribution in [2.24, 2.45) is 7.05 Å². The number of imidazole rings is 1. The van der Waals surface area contributed by atoms with Gasteiger partial charge >= 0.3 is 18.1 Å². The van der Waals surface area contributed by atoms with Gasteiger partial charge in [0, 0.05) is 63.6 Å². The number of fused-ring (bicyclic) bond motifs is 1. The number of ether oxygens (including phenoxy) is 1. The summed E-state index contributed by atoms with van der Waals surface area (Å²) in [7, 11) is 3.41. The number of carbonyl (C=O) groups excluding carboxylic acids is 2. The molecule has 0 unspecified atom stereocenters. The van der Waals surface area contributed by atoms with Crippen molar-refractivity contribution in [3.8, 4) is 17.1 Å². The Morgan fingerprint density at radius 3 is 2.54 bits per heavy atom. The van der Waals surface area contributed by atoms with Crippen molar-refractivity contribution in [2.45, 2.75) is 13.5 Å². The maximum Gasteiger partial charge on any atom is 0.417 e. The fourth-order valence-corrected chi connectivity index (χ4v) is 3.53. The third-order valence-electron chi connectivity index (χ3n) is 5.24. The molecular weight excluding hydrogens is 470 g/mol. The number of carbonyl (C=O) groups is 2. The molecule has 3 amide bonds. The summed E-state index contributed by atoms with van der Waals surface area (Å²) >= 11 is 0. The van der Waals surface area contributed by atoms with E-state index in [0.717, 1.165) is 27.5 Å². The van der Waals surface area contributed by atoms with Crippen molar-refractivity contribution >= 4 is 41.1 Å². The highest BCUT2D eigenvalue weighted by Crippen LogP contribution is 2.32. The Balaban J connectivity index is 0.00000342. The third-order valence-corrected chi connectivity index (χ3v) is 5.24. The number of benzene rings is 1. The molecule has 0 aliphatic carbocycles. The van der Waals surface area contributed by atoms with Crippen molar-refractivity contribution in [3.05, 3.63) is 66.9 Å². The minimum atomic E-state index is -0.525. The number of aryl methyl sites for hydroxylation is 1. The first kappa shape index (κ1) is 25.4. The van der Waals surface area contributed by atoms with Crippen LogP contribution >= 0.6 is 12.4 Å². The van der Waals surface area contributed by atoms with Crippen LogP contribution in [0.25, 0.3) is 21.9 Å². The van der Waals surface area contributed by atoms with Crippen LogP contribution < -0.4 is 15.4 Å². The van der Waals surface area contributed by atoms with Crippen molar-refractivity contribution < 1.29 is 14.3 Å². The van der Waals surface area contributed by atoms with Crippen LogP contribution in [0, 0.1) is 0 Å². The van der Waals surface area contributed by atoms with E-state index < -0.39 is 6.09 Å². The van der Waals surface area contributed by atoms with Crippen LogP contribution in [0.15, 0.2) is 61.3 Å². The molecule has 0 atom stereocenters. The number of halogens is 1. The fraction of sp³-hybridized carbons (Fsp3) is 0.208. The van der Waals surface area contributed by atoms with E-state index in [1.54, 1.807) is 49.6 Å². The molecule has 2 N–H and O–H groups in total. The Labute approximate surface area is 208 Å². The zero-order valence-corrected chi connectivity index (χ0v) is 20.4. The molecule has 35 heavy (non-hydrogen) atoms. The Morgan fingerprint density at radius 2 is 1.86 bits per heavy atom. The summed E-state index contributed by atoms with van der Waals surface area (Å²) in [5, 5.41) is 7.19. The predicted octanol–water partition coefficient (Wildman–Crippen LogP) is 4.22. The molecule has 182 valence electrons. The summed E-state index contributed by atoms with van der Waals surface area (Å²) in [6, 6.07) is 9.51. The largest absolute Gasteiger partial charge is 0.417 e. The maximum absolute atomic E-state index is 12.6. The second-order valence-corrected chi connectivity index (χ2v) is 7.65. The van der Waals surface area contributed by atoms with Gasteiger partial charge in [0.1, 0.15) is 5.82 Å². The first-order valence-electron chi connectivity index (χ1n) is 10.7. The Bertz CT molecular complexity index is 1330. The molecule has 0 aliphatic rings. The van der Waals surface area contributed by atoms with Crippen LogP contribution in [0.3, 0.4) is 0 Å². The number of hydrogen-bond donors (Lipinski definition) is 2. The molecule has 0 spiro atoms. The monoisotopic (exact) mass is 495 g/mol. The van der Waals surface area contributed by atoms with Gasteiger partial charge in [-0.1, -0.05) is 12.1 Å². The normalized spacial score (nSPS) is 10.4. The molecule has 0 fully saturated rings. The van der Waals surface area contributed by atoms with Gasteiger partial charge in [0.2, 0.25) is 0 Å². The fourth-order valence-electron chi connectivity index (χ4n) is 3.53. The molecule has 4 aromatic rings. The van der Waals surface area contributed by atoms with Crippen LogP contribution in [0.1, 0.15) is 12.5 Å². The van der Waals surface area contributed by atoms with Gasteiger partial charge < -0.3 is 19.5 Å². The third kappa shape index (κ3) is 5.85. The summed E-state index contributed by atoms with van der Waals surface area (Å²) in [5.74, 6) is 0.424. The van der Waals surface area contributed by atoms with Crippen molar-refractivity contribution in [2.75, 3.05) is 18.9 Å². The zero-order valence-electron chi connectivity index (χ0n) is 19.6. The topological polar surface area (TPSA) is 114 Å². The highest BCUT2D eigenvalue weighted by molar-refractivity contribution is 6.00. The maximum atomic E-state index is 12.6. The lowest BCUT2D eigenvalue weighted by Crippen LogP contribution is -2.30. The number of hydrogen-bond acceptors (Lipinski definition) is 6. The SMILES string of the molecule is CCNC(=O)Nc1cc2c(-c3ccncc3)ccc(CN(C)C(=O)Oc3nccn3C)c2cn1.Cl. The lowest BCUT2D eigenvalue weighted by Gasteiger charge is -2.19. The van der Waals surface area contributed by atoms with E-state index in [0.29, 0.717) is 18.9 Å². The van der Waals surface area contributed by atoms with Crippen LogP contribution in [0.5, 0.6) is 6.01 Å². The molecule has 0 saturated carbocycles. The summed E-state index contributed by atoms with van der Waals surface area (Å²) in [4.78, 5) is 38.6. The molecule has 0 saturated heterocycles.